The van der Waals surface area contributed by atoms with Crippen molar-refractivity contribution in [2.45, 2.75) is 97.0 Å². The van der Waals surface area contributed by atoms with E-state index in [1.54, 1.807) is 12.1 Å². The Morgan fingerprint density at radius 2 is 1.06 bits per heavy atom. The molecule has 0 spiro atoms. The van der Waals surface area contributed by atoms with E-state index in [9.17, 15) is 0 Å². The van der Waals surface area contributed by atoms with Crippen LogP contribution in [-0.4, -0.2) is 47.1 Å². The van der Waals surface area contributed by atoms with E-state index in [2.05, 4.69) is 13.8 Å². The molecule has 1 fully saturated rings. The standard InChI is InChI=1S/C55H57FN2O7/c1-39(2)58-40(3)48(31-46-29-30-47(32-49(46)56)60-34-42-21-11-5-12-22-42)54(57-58)65-55-53(63-37-45-27-17-8-18-28-45)52(62-36-44-25-15-7-16-26-44)51(61-35-43-23-13-6-14-24-43)50(64-55)38-59-33-41-19-9-4-10-20-41/h4-30,32,39,50-53,55H,31,33-38H2,1-3H3/t50-,51-,52+,53-,55+/m1/s1. The van der Waals surface area contributed by atoms with Crippen molar-refractivity contribution in [3.8, 4) is 11.6 Å². The van der Waals surface area contributed by atoms with Gasteiger partial charge in [-0.3, -0.25) is 4.68 Å². The van der Waals surface area contributed by atoms with Gasteiger partial charge in [-0.05, 0) is 60.2 Å². The molecule has 9 nitrogen and oxygen atoms in total. The summed E-state index contributed by atoms with van der Waals surface area (Å²) in [7, 11) is 0. The Labute approximate surface area is 381 Å². The van der Waals surface area contributed by atoms with Gasteiger partial charge >= 0.3 is 0 Å². The van der Waals surface area contributed by atoms with Crippen molar-refractivity contribution in [1.29, 1.82) is 0 Å². The summed E-state index contributed by atoms with van der Waals surface area (Å²) in [5.41, 5.74) is 7.03. The second-order valence-electron chi connectivity index (χ2n) is 16.6. The van der Waals surface area contributed by atoms with Gasteiger partial charge in [-0.25, -0.2) is 4.39 Å². The Morgan fingerprint density at radius 3 is 1.57 bits per heavy atom. The summed E-state index contributed by atoms with van der Waals surface area (Å²) in [6.07, 6.45) is -3.68. The van der Waals surface area contributed by atoms with Crippen LogP contribution in [0.5, 0.6) is 11.6 Å². The van der Waals surface area contributed by atoms with Crippen molar-refractivity contribution in [2.24, 2.45) is 0 Å². The number of halogens is 1. The Bertz CT molecular complexity index is 2490. The third-order valence-electron chi connectivity index (χ3n) is 11.4. The van der Waals surface area contributed by atoms with Gasteiger partial charge in [0.15, 0.2) is 0 Å². The third kappa shape index (κ3) is 12.4. The topological polar surface area (TPSA) is 82.4 Å². The summed E-state index contributed by atoms with van der Waals surface area (Å²) >= 11 is 0. The molecule has 6 aromatic carbocycles. The highest BCUT2D eigenvalue weighted by molar-refractivity contribution is 5.39. The van der Waals surface area contributed by atoms with E-state index in [1.165, 1.54) is 6.07 Å². The van der Waals surface area contributed by atoms with Gasteiger partial charge in [-0.1, -0.05) is 158 Å². The third-order valence-corrected chi connectivity index (χ3v) is 11.4. The maximum atomic E-state index is 16.0. The molecular formula is C55H57FN2O7. The summed E-state index contributed by atoms with van der Waals surface area (Å²) < 4.78 is 65.0. The van der Waals surface area contributed by atoms with Crippen LogP contribution in [0.2, 0.25) is 0 Å². The highest BCUT2D eigenvalue weighted by Gasteiger charge is 2.50. The molecule has 0 bridgehead atoms. The highest BCUT2D eigenvalue weighted by atomic mass is 19.1. The molecule has 1 aliphatic rings. The lowest BCUT2D eigenvalue weighted by Gasteiger charge is -2.45. The number of hydrogen-bond acceptors (Lipinski definition) is 8. The zero-order valence-corrected chi connectivity index (χ0v) is 37.2. The smallest absolute Gasteiger partial charge is 0.239 e. The van der Waals surface area contributed by atoms with Crippen LogP contribution in [-0.2, 0) is 63.1 Å². The zero-order chi connectivity index (χ0) is 44.8. The molecule has 0 radical (unpaired) electrons. The van der Waals surface area contributed by atoms with Crippen LogP contribution in [0.25, 0.3) is 0 Å². The van der Waals surface area contributed by atoms with Gasteiger partial charge in [0.1, 0.15) is 42.6 Å². The van der Waals surface area contributed by atoms with E-state index in [-0.39, 0.29) is 38.1 Å². The predicted octanol–water partition coefficient (Wildman–Crippen LogP) is 11.2. The average molecular weight is 877 g/mol. The second-order valence-corrected chi connectivity index (χ2v) is 16.6. The van der Waals surface area contributed by atoms with Crippen molar-refractivity contribution in [2.75, 3.05) is 6.61 Å². The Morgan fingerprint density at radius 1 is 0.585 bits per heavy atom. The normalized spacial score (nSPS) is 18.4. The fourth-order valence-corrected chi connectivity index (χ4v) is 7.97. The van der Waals surface area contributed by atoms with Gasteiger partial charge < -0.3 is 33.2 Å². The molecule has 8 rings (SSSR count). The molecule has 0 aliphatic carbocycles. The zero-order valence-electron chi connectivity index (χ0n) is 37.2. The van der Waals surface area contributed by atoms with Gasteiger partial charge in [0.25, 0.3) is 0 Å². The number of rotatable bonds is 21. The monoisotopic (exact) mass is 876 g/mol. The Balaban J connectivity index is 1.14. The second kappa shape index (κ2) is 22.7. The van der Waals surface area contributed by atoms with E-state index in [0.717, 1.165) is 39.1 Å². The highest BCUT2D eigenvalue weighted by Crippen LogP contribution is 2.35. The first-order chi connectivity index (χ1) is 31.9. The number of hydrogen-bond donors (Lipinski definition) is 0. The Hall–Kier alpha value is -6.14. The van der Waals surface area contributed by atoms with Gasteiger partial charge in [0.05, 0.1) is 33.0 Å². The first-order valence-electron chi connectivity index (χ1n) is 22.3. The fourth-order valence-electron chi connectivity index (χ4n) is 7.97. The molecule has 2 heterocycles. The summed E-state index contributed by atoms with van der Waals surface area (Å²) in [6.45, 7) is 7.78. The molecule has 10 heteroatoms. The number of aromatic nitrogens is 2. The first-order valence-corrected chi connectivity index (χ1v) is 22.3. The molecule has 0 saturated carbocycles. The van der Waals surface area contributed by atoms with E-state index >= 15 is 4.39 Å². The van der Waals surface area contributed by atoms with Gasteiger partial charge in [0.2, 0.25) is 12.2 Å². The van der Waals surface area contributed by atoms with Crippen molar-refractivity contribution >= 4 is 0 Å². The van der Waals surface area contributed by atoms with Gasteiger partial charge in [-0.15, -0.1) is 5.10 Å². The minimum Gasteiger partial charge on any atom is -0.489 e. The largest absolute Gasteiger partial charge is 0.489 e. The van der Waals surface area contributed by atoms with Gasteiger partial charge in [0, 0.05) is 29.8 Å². The van der Waals surface area contributed by atoms with Crippen LogP contribution in [0.3, 0.4) is 0 Å². The van der Waals surface area contributed by atoms with E-state index in [4.69, 9.17) is 38.3 Å². The maximum absolute atomic E-state index is 16.0. The van der Waals surface area contributed by atoms with Crippen LogP contribution < -0.4 is 9.47 Å². The van der Waals surface area contributed by atoms with Crippen molar-refractivity contribution in [1.82, 2.24) is 9.78 Å². The minimum atomic E-state index is -1.05. The van der Waals surface area contributed by atoms with Crippen LogP contribution >= 0.6 is 0 Å². The predicted molar refractivity (Wildman–Crippen MR) is 248 cm³/mol. The molecule has 1 saturated heterocycles. The van der Waals surface area contributed by atoms with Crippen LogP contribution in [0, 0.1) is 12.7 Å². The van der Waals surface area contributed by atoms with Crippen LogP contribution in [0.4, 0.5) is 4.39 Å². The SMILES string of the molecule is Cc1c(Cc2ccc(OCc3ccccc3)cc2F)c(O[C@@H]2O[C@H](COCc3ccccc3)[C@@H](OCc3ccccc3)[C@H](OCc3ccccc3)[C@H]2OCc2ccccc2)nn1C(C)C. The molecule has 0 amide bonds. The molecular weight excluding hydrogens is 820 g/mol. The van der Waals surface area contributed by atoms with Crippen molar-refractivity contribution < 1.29 is 37.5 Å². The van der Waals surface area contributed by atoms with Crippen LogP contribution in [0.1, 0.15) is 64.5 Å². The fraction of sp³-hybridized carbons (Fsp3) is 0.291. The molecule has 0 unspecified atom stereocenters. The lowest BCUT2D eigenvalue weighted by Crippen LogP contribution is -2.62. The van der Waals surface area contributed by atoms with Crippen molar-refractivity contribution in [3.63, 3.8) is 0 Å². The van der Waals surface area contributed by atoms with E-state index in [1.807, 2.05) is 163 Å². The van der Waals surface area contributed by atoms with Crippen LogP contribution in [0.15, 0.2) is 170 Å². The average Bonchev–Trinajstić information content (AvgIpc) is 3.65. The van der Waals surface area contributed by atoms with Gasteiger partial charge in [-0.2, -0.15) is 0 Å². The summed E-state index contributed by atoms with van der Waals surface area (Å²) in [5.74, 6) is 0.369. The lowest BCUT2D eigenvalue weighted by molar-refractivity contribution is -0.310. The number of benzene rings is 6. The molecule has 1 aromatic heterocycles. The van der Waals surface area contributed by atoms with Crippen molar-refractivity contribution in [3.05, 3.63) is 220 Å². The number of nitrogens with zero attached hydrogens (tertiary/aromatic N) is 2. The summed E-state index contributed by atoms with van der Waals surface area (Å²) in [5, 5.41) is 5.01. The molecule has 336 valence electrons. The molecule has 0 N–H and O–H groups in total. The van der Waals surface area contributed by atoms with E-state index < -0.39 is 30.7 Å². The van der Waals surface area contributed by atoms with E-state index in [0.29, 0.717) is 37.0 Å². The molecule has 7 aromatic rings. The molecule has 5 atom stereocenters. The quantitative estimate of drug-likeness (QED) is 0.0706. The lowest BCUT2D eigenvalue weighted by atomic mass is 9.97. The minimum absolute atomic E-state index is 0.0148. The summed E-state index contributed by atoms with van der Waals surface area (Å²) in [6, 6.07) is 54.8. The number of ether oxygens (including phenoxy) is 7. The Kier molecular flexibility index (Phi) is 15.8. The molecule has 1 aliphatic heterocycles. The first kappa shape index (κ1) is 45.4. The summed E-state index contributed by atoms with van der Waals surface area (Å²) in [4.78, 5) is 0. The maximum Gasteiger partial charge on any atom is 0.239 e. The molecule has 65 heavy (non-hydrogen) atoms.